The van der Waals surface area contributed by atoms with Crippen LogP contribution in [-0.2, 0) is 14.4 Å². The number of carbonyl (C=O) groups excluding carboxylic acids is 3. The van der Waals surface area contributed by atoms with E-state index in [1.165, 1.54) is 0 Å². The lowest BCUT2D eigenvalue weighted by Gasteiger charge is -2.28. The van der Waals surface area contributed by atoms with Gasteiger partial charge < -0.3 is 31.5 Å². The first-order valence-electron chi connectivity index (χ1n) is 10.3. The number of amides is 4. The van der Waals surface area contributed by atoms with E-state index in [1.807, 2.05) is 0 Å². The van der Waals surface area contributed by atoms with E-state index in [-0.39, 0.29) is 18.2 Å². The maximum Gasteiger partial charge on any atom is 0.405 e. The maximum atomic E-state index is 12.8. The van der Waals surface area contributed by atoms with Crippen molar-refractivity contribution in [1.29, 1.82) is 0 Å². The van der Waals surface area contributed by atoms with E-state index in [1.54, 1.807) is 6.92 Å². The van der Waals surface area contributed by atoms with Gasteiger partial charge in [0, 0.05) is 19.0 Å². The molecular weight excluding hydrogens is 380 g/mol. The molecule has 0 spiro atoms. The van der Waals surface area contributed by atoms with Gasteiger partial charge in [0.1, 0.15) is 6.04 Å². The molecule has 4 atom stereocenters. The van der Waals surface area contributed by atoms with E-state index >= 15 is 0 Å². The minimum absolute atomic E-state index is 0.0963. The summed E-state index contributed by atoms with van der Waals surface area (Å²) in [6, 6.07) is -1.97. The minimum Gasteiger partial charge on any atom is -0.465 e. The van der Waals surface area contributed by atoms with Crippen molar-refractivity contribution in [3.05, 3.63) is 0 Å². The first-order valence-corrected chi connectivity index (χ1v) is 10.3. The van der Waals surface area contributed by atoms with Gasteiger partial charge in [0.2, 0.25) is 11.8 Å². The molecule has 164 valence electrons. The topological polar surface area (TPSA) is 157 Å². The Morgan fingerprint density at radius 3 is 2.34 bits per heavy atom. The number of aliphatic hydroxyl groups is 1. The number of carboxylic acid groups (broad SMARTS) is 1. The average Bonchev–Trinajstić information content (AvgIpc) is 3.31. The number of nitrogens with one attached hydrogen (secondary N) is 4. The molecule has 0 aromatic heterocycles. The van der Waals surface area contributed by atoms with Crippen molar-refractivity contribution >= 4 is 23.8 Å². The zero-order chi connectivity index (χ0) is 21.4. The summed E-state index contributed by atoms with van der Waals surface area (Å²) in [5.41, 5.74) is 0. The second kappa shape index (κ2) is 11.0. The largest absolute Gasteiger partial charge is 0.465 e. The number of hydrogen-bond donors (Lipinski definition) is 6. The van der Waals surface area contributed by atoms with Crippen LogP contribution in [0.15, 0.2) is 0 Å². The zero-order valence-electron chi connectivity index (χ0n) is 16.8. The zero-order valence-corrected chi connectivity index (χ0v) is 16.8. The molecule has 29 heavy (non-hydrogen) atoms. The lowest BCUT2D eigenvalue weighted by Crippen LogP contribution is -2.56. The van der Waals surface area contributed by atoms with Crippen LogP contribution < -0.4 is 21.3 Å². The van der Waals surface area contributed by atoms with Gasteiger partial charge >= 0.3 is 6.09 Å². The van der Waals surface area contributed by atoms with Crippen LogP contribution in [0.4, 0.5) is 4.79 Å². The van der Waals surface area contributed by atoms with E-state index in [2.05, 4.69) is 21.3 Å². The fraction of sp³-hybridized carbons (Fsp3) is 0.789. The van der Waals surface area contributed by atoms with Gasteiger partial charge in [-0.15, -0.1) is 0 Å². The molecule has 1 unspecified atom stereocenters. The molecule has 2 fully saturated rings. The highest BCUT2D eigenvalue weighted by molar-refractivity contribution is 5.87. The van der Waals surface area contributed by atoms with Crippen LogP contribution in [0.5, 0.6) is 0 Å². The van der Waals surface area contributed by atoms with Gasteiger partial charge in [0.25, 0.3) is 5.91 Å². The van der Waals surface area contributed by atoms with Crippen LogP contribution in [0.25, 0.3) is 0 Å². The second-order valence-electron chi connectivity index (χ2n) is 7.86. The van der Waals surface area contributed by atoms with Gasteiger partial charge in [-0.2, -0.15) is 0 Å². The van der Waals surface area contributed by atoms with Gasteiger partial charge in [-0.3, -0.25) is 14.4 Å². The van der Waals surface area contributed by atoms with Crippen molar-refractivity contribution in [2.75, 3.05) is 13.1 Å². The lowest BCUT2D eigenvalue weighted by molar-refractivity contribution is -0.134. The highest BCUT2D eigenvalue weighted by atomic mass is 16.4. The molecule has 0 radical (unpaired) electrons. The van der Waals surface area contributed by atoms with Gasteiger partial charge in [0.05, 0.1) is 6.04 Å². The Balaban J connectivity index is 2.09. The van der Waals surface area contributed by atoms with Gasteiger partial charge in [0.15, 0.2) is 6.10 Å². The molecular formula is C19H32N4O6. The number of likely N-dealkylation sites (N-methyl/N-ethyl adjacent to an activating group) is 1. The van der Waals surface area contributed by atoms with Crippen molar-refractivity contribution in [2.45, 2.75) is 70.1 Å². The fourth-order valence-electron chi connectivity index (χ4n) is 4.15. The second-order valence-corrected chi connectivity index (χ2v) is 7.86. The molecule has 0 aromatic carbocycles. The van der Waals surface area contributed by atoms with E-state index in [4.69, 9.17) is 5.11 Å². The van der Waals surface area contributed by atoms with Crippen LogP contribution in [-0.4, -0.2) is 65.3 Å². The third-order valence-corrected chi connectivity index (χ3v) is 5.69. The van der Waals surface area contributed by atoms with Crippen LogP contribution in [0, 0.1) is 11.8 Å². The number of rotatable bonds is 10. The molecule has 1 saturated carbocycles. The predicted octanol–water partition coefficient (Wildman–Crippen LogP) is -0.289. The lowest BCUT2D eigenvalue weighted by atomic mass is 9.93. The monoisotopic (exact) mass is 412 g/mol. The summed E-state index contributed by atoms with van der Waals surface area (Å²) in [6.45, 7) is 2.52. The normalized spacial score (nSPS) is 22.4. The van der Waals surface area contributed by atoms with E-state index < -0.39 is 42.0 Å². The van der Waals surface area contributed by atoms with E-state index in [0.29, 0.717) is 25.9 Å². The SMILES string of the molecule is CCNC(=O)C(O)[C@H](C[C@@H]1CCNC1=O)NC(=O)[C@H](CC1CCCC1)NC(=O)O. The van der Waals surface area contributed by atoms with Crippen molar-refractivity contribution < 1.29 is 29.4 Å². The molecule has 10 nitrogen and oxygen atoms in total. The number of carbonyl (C=O) groups is 4. The van der Waals surface area contributed by atoms with Crippen molar-refractivity contribution in [3.63, 3.8) is 0 Å². The molecule has 1 saturated heterocycles. The Bertz CT molecular complexity index is 608. The first kappa shape index (κ1) is 22.9. The summed E-state index contributed by atoms with van der Waals surface area (Å²) in [5, 5.41) is 29.6. The fourth-order valence-corrected chi connectivity index (χ4v) is 4.15. The Labute approximate surface area is 170 Å². The summed E-state index contributed by atoms with van der Waals surface area (Å²) in [6.07, 6.45) is 2.17. The third kappa shape index (κ3) is 6.88. The highest BCUT2D eigenvalue weighted by Gasteiger charge is 2.36. The summed E-state index contributed by atoms with van der Waals surface area (Å²) < 4.78 is 0. The number of hydrogen-bond acceptors (Lipinski definition) is 5. The highest BCUT2D eigenvalue weighted by Crippen LogP contribution is 2.28. The molecule has 1 heterocycles. The first-order chi connectivity index (χ1) is 13.8. The van der Waals surface area contributed by atoms with Gasteiger partial charge in [-0.1, -0.05) is 25.7 Å². The van der Waals surface area contributed by atoms with Gasteiger partial charge in [-0.05, 0) is 32.1 Å². The molecule has 2 rings (SSSR count). The smallest absolute Gasteiger partial charge is 0.405 e. The standard InChI is InChI=1S/C19H32N4O6/c1-2-20-18(27)15(24)13(10-12-7-8-21-16(12)25)22-17(26)14(23-19(28)29)9-11-5-3-4-6-11/h11-15,23-24H,2-10H2,1H3,(H,20,27)(H,21,25)(H,22,26)(H,28,29)/t12-,13-,14-,15?/m0/s1. The van der Waals surface area contributed by atoms with Gasteiger partial charge in [-0.25, -0.2) is 4.79 Å². The summed E-state index contributed by atoms with van der Waals surface area (Å²) in [7, 11) is 0. The summed E-state index contributed by atoms with van der Waals surface area (Å²) in [5.74, 6) is -1.59. The Morgan fingerprint density at radius 2 is 1.79 bits per heavy atom. The Kier molecular flexibility index (Phi) is 8.69. The third-order valence-electron chi connectivity index (χ3n) is 5.69. The quantitative estimate of drug-likeness (QED) is 0.289. The summed E-state index contributed by atoms with van der Waals surface area (Å²) in [4.78, 5) is 48.1. The van der Waals surface area contributed by atoms with Crippen LogP contribution in [0.3, 0.4) is 0 Å². The predicted molar refractivity (Wildman–Crippen MR) is 104 cm³/mol. The molecule has 1 aliphatic heterocycles. The molecule has 2 aliphatic rings. The Hall–Kier alpha value is -2.36. The summed E-state index contributed by atoms with van der Waals surface area (Å²) >= 11 is 0. The van der Waals surface area contributed by atoms with Crippen molar-refractivity contribution in [3.8, 4) is 0 Å². The van der Waals surface area contributed by atoms with Crippen molar-refractivity contribution in [2.24, 2.45) is 11.8 Å². The van der Waals surface area contributed by atoms with Crippen LogP contribution in [0.2, 0.25) is 0 Å². The molecule has 10 heteroatoms. The number of aliphatic hydroxyl groups excluding tert-OH is 1. The minimum atomic E-state index is -1.54. The molecule has 6 N–H and O–H groups in total. The molecule has 4 amide bonds. The maximum absolute atomic E-state index is 12.8. The van der Waals surface area contributed by atoms with Crippen LogP contribution >= 0.6 is 0 Å². The van der Waals surface area contributed by atoms with Crippen LogP contribution in [0.1, 0.15) is 51.9 Å². The Morgan fingerprint density at radius 1 is 1.10 bits per heavy atom. The van der Waals surface area contributed by atoms with Crippen molar-refractivity contribution in [1.82, 2.24) is 21.3 Å². The molecule has 1 aliphatic carbocycles. The van der Waals surface area contributed by atoms with E-state index in [9.17, 15) is 24.3 Å². The van der Waals surface area contributed by atoms with E-state index in [0.717, 1.165) is 25.7 Å². The molecule has 0 aromatic rings. The average molecular weight is 412 g/mol. The molecule has 0 bridgehead atoms.